The molecule has 26 heavy (non-hydrogen) atoms. The minimum atomic E-state index is -3.88. The van der Waals surface area contributed by atoms with Crippen molar-refractivity contribution in [2.24, 2.45) is 5.14 Å². The van der Waals surface area contributed by atoms with Crippen LogP contribution in [-0.4, -0.2) is 31.6 Å². The fraction of sp³-hybridized carbons (Fsp3) is 0.0667. The van der Waals surface area contributed by atoms with Crippen LogP contribution in [0.4, 0.5) is 0 Å². The van der Waals surface area contributed by atoms with Gasteiger partial charge in [0, 0.05) is 25.1 Å². The number of hydrogen-bond acceptors (Lipinski definition) is 6. The third-order valence-electron chi connectivity index (χ3n) is 3.48. The van der Waals surface area contributed by atoms with E-state index in [0.29, 0.717) is 11.4 Å². The van der Waals surface area contributed by atoms with Crippen molar-refractivity contribution in [2.75, 3.05) is 0 Å². The van der Waals surface area contributed by atoms with Gasteiger partial charge in [-0.15, -0.1) is 0 Å². The van der Waals surface area contributed by atoms with Crippen LogP contribution in [0.25, 0.3) is 5.82 Å². The molecule has 9 nitrogen and oxygen atoms in total. The number of benzene rings is 1. The van der Waals surface area contributed by atoms with Crippen molar-refractivity contribution < 1.29 is 16.8 Å². The Kier molecular flexibility index (Phi) is 4.87. The molecule has 1 aromatic carbocycles. The van der Waals surface area contributed by atoms with Crippen molar-refractivity contribution in [3.05, 3.63) is 66.6 Å². The van der Waals surface area contributed by atoms with Gasteiger partial charge in [0.25, 0.3) is 0 Å². The van der Waals surface area contributed by atoms with Crippen LogP contribution in [0.5, 0.6) is 0 Å². The van der Waals surface area contributed by atoms with Crippen LogP contribution < -0.4 is 9.86 Å². The molecule has 3 aromatic rings. The molecule has 0 saturated heterocycles. The Morgan fingerprint density at radius 1 is 1.00 bits per heavy atom. The second-order valence-electron chi connectivity index (χ2n) is 5.31. The van der Waals surface area contributed by atoms with Crippen molar-refractivity contribution >= 4 is 20.0 Å². The lowest BCUT2D eigenvalue weighted by atomic mass is 10.2. The quantitative estimate of drug-likeness (QED) is 0.622. The van der Waals surface area contributed by atoms with Gasteiger partial charge in [0.15, 0.2) is 5.82 Å². The summed E-state index contributed by atoms with van der Waals surface area (Å²) in [4.78, 5) is 3.95. The molecule has 0 radical (unpaired) electrons. The fourth-order valence-corrected chi connectivity index (χ4v) is 3.70. The molecule has 0 saturated carbocycles. The van der Waals surface area contributed by atoms with E-state index < -0.39 is 20.0 Å². The smallest absolute Gasteiger partial charge is 0.237 e. The maximum absolute atomic E-state index is 12.4. The monoisotopic (exact) mass is 393 g/mol. The van der Waals surface area contributed by atoms with Crippen molar-refractivity contribution in [3.63, 3.8) is 0 Å². The summed E-state index contributed by atoms with van der Waals surface area (Å²) in [5, 5.41) is 9.07. The summed E-state index contributed by atoms with van der Waals surface area (Å²) >= 11 is 0. The maximum Gasteiger partial charge on any atom is 0.240 e. The van der Waals surface area contributed by atoms with E-state index in [-0.39, 0.29) is 16.3 Å². The molecule has 0 aliphatic rings. The van der Waals surface area contributed by atoms with Gasteiger partial charge in [-0.05, 0) is 48.0 Å². The van der Waals surface area contributed by atoms with Gasteiger partial charge in [-0.2, -0.15) is 5.10 Å². The van der Waals surface area contributed by atoms with E-state index in [1.807, 2.05) is 0 Å². The Morgan fingerprint density at radius 3 is 2.31 bits per heavy atom. The third-order valence-corrected chi connectivity index (χ3v) is 5.82. The minimum absolute atomic E-state index is 0.0378. The van der Waals surface area contributed by atoms with Crippen LogP contribution in [0.1, 0.15) is 5.56 Å². The highest BCUT2D eigenvalue weighted by Crippen LogP contribution is 2.14. The van der Waals surface area contributed by atoms with E-state index in [4.69, 9.17) is 5.14 Å². The second-order valence-corrected chi connectivity index (χ2v) is 8.64. The van der Waals surface area contributed by atoms with E-state index in [0.717, 1.165) is 12.1 Å². The lowest BCUT2D eigenvalue weighted by Crippen LogP contribution is -2.23. The van der Waals surface area contributed by atoms with Gasteiger partial charge in [0.1, 0.15) is 0 Å². The third kappa shape index (κ3) is 4.14. The SMILES string of the molecule is NS(=O)(=O)c1ccc(S(=O)(=O)NCc2ccnc(-n3cccn3)c2)cc1. The van der Waals surface area contributed by atoms with E-state index in [1.165, 1.54) is 12.1 Å². The van der Waals surface area contributed by atoms with E-state index in [2.05, 4.69) is 14.8 Å². The van der Waals surface area contributed by atoms with Crippen LogP contribution in [0.15, 0.2) is 70.8 Å². The molecule has 0 unspecified atom stereocenters. The van der Waals surface area contributed by atoms with Crippen molar-refractivity contribution in [1.29, 1.82) is 0 Å². The first-order valence-electron chi connectivity index (χ1n) is 7.33. The van der Waals surface area contributed by atoms with Gasteiger partial charge < -0.3 is 0 Å². The van der Waals surface area contributed by atoms with Gasteiger partial charge in [-0.3, -0.25) is 0 Å². The van der Waals surface area contributed by atoms with Crippen LogP contribution in [-0.2, 0) is 26.6 Å². The molecule has 0 fully saturated rings. The highest BCUT2D eigenvalue weighted by molar-refractivity contribution is 7.89. The lowest BCUT2D eigenvalue weighted by molar-refractivity contribution is 0.580. The summed E-state index contributed by atoms with van der Waals surface area (Å²) < 4.78 is 51.2. The van der Waals surface area contributed by atoms with Gasteiger partial charge in [0.05, 0.1) is 9.79 Å². The van der Waals surface area contributed by atoms with Gasteiger partial charge >= 0.3 is 0 Å². The Bertz CT molecular complexity index is 1110. The number of nitrogens with zero attached hydrogens (tertiary/aromatic N) is 3. The summed E-state index contributed by atoms with van der Waals surface area (Å²) in [7, 11) is -7.69. The molecular weight excluding hydrogens is 378 g/mol. The first-order valence-corrected chi connectivity index (χ1v) is 10.4. The van der Waals surface area contributed by atoms with Gasteiger partial charge in [-0.1, -0.05) is 0 Å². The van der Waals surface area contributed by atoms with Crippen molar-refractivity contribution in [3.8, 4) is 5.82 Å². The van der Waals surface area contributed by atoms with E-state index in [9.17, 15) is 16.8 Å². The zero-order valence-corrected chi connectivity index (χ0v) is 15.0. The van der Waals surface area contributed by atoms with Crippen LogP contribution in [0.3, 0.4) is 0 Å². The molecule has 2 heterocycles. The van der Waals surface area contributed by atoms with Crippen LogP contribution in [0.2, 0.25) is 0 Å². The summed E-state index contributed by atoms with van der Waals surface area (Å²) in [6.07, 6.45) is 4.90. The van der Waals surface area contributed by atoms with Crippen molar-refractivity contribution in [1.82, 2.24) is 19.5 Å². The number of hydrogen-bond donors (Lipinski definition) is 2. The molecule has 0 amide bonds. The van der Waals surface area contributed by atoms with Crippen molar-refractivity contribution in [2.45, 2.75) is 16.3 Å². The predicted molar refractivity (Wildman–Crippen MR) is 93.2 cm³/mol. The molecule has 0 aliphatic heterocycles. The molecule has 0 atom stereocenters. The summed E-state index contributed by atoms with van der Waals surface area (Å²) in [6, 6.07) is 9.80. The largest absolute Gasteiger partial charge is 0.240 e. The molecule has 3 rings (SSSR count). The first-order chi connectivity index (χ1) is 12.3. The number of pyridine rings is 1. The number of nitrogens with one attached hydrogen (secondary N) is 1. The maximum atomic E-state index is 12.4. The number of rotatable bonds is 6. The molecule has 136 valence electrons. The lowest BCUT2D eigenvalue weighted by Gasteiger charge is -2.08. The number of nitrogens with two attached hydrogens (primary N) is 1. The number of aromatic nitrogens is 3. The van der Waals surface area contributed by atoms with Crippen LogP contribution >= 0.6 is 0 Å². The minimum Gasteiger partial charge on any atom is -0.237 e. The number of primary sulfonamides is 1. The molecular formula is C15H15N5O4S2. The molecule has 11 heteroatoms. The fourth-order valence-electron chi connectivity index (χ4n) is 2.17. The predicted octanol–water partition coefficient (Wildman–Crippen LogP) is 0.393. The van der Waals surface area contributed by atoms with Gasteiger partial charge in [0.2, 0.25) is 20.0 Å². The Morgan fingerprint density at radius 2 is 1.69 bits per heavy atom. The standard InChI is InChI=1S/C15H15N5O4S2/c16-25(21,22)13-2-4-14(5-3-13)26(23,24)19-11-12-6-8-17-15(10-12)20-9-1-7-18-20/h1-10,19H,11H2,(H2,16,21,22). The highest BCUT2D eigenvalue weighted by Gasteiger charge is 2.16. The summed E-state index contributed by atoms with van der Waals surface area (Å²) in [6.45, 7) is 0.0378. The average Bonchev–Trinajstić information content (AvgIpc) is 3.14. The normalized spacial score (nSPS) is 12.2. The zero-order chi connectivity index (χ0) is 18.8. The zero-order valence-electron chi connectivity index (χ0n) is 13.3. The van der Waals surface area contributed by atoms with E-state index in [1.54, 1.807) is 41.5 Å². The Hall–Kier alpha value is -2.60. The Labute approximate surface area is 150 Å². The highest BCUT2D eigenvalue weighted by atomic mass is 32.2. The molecule has 2 aromatic heterocycles. The molecule has 0 bridgehead atoms. The summed E-state index contributed by atoms with van der Waals surface area (Å²) in [5.74, 6) is 0.559. The van der Waals surface area contributed by atoms with E-state index >= 15 is 0 Å². The van der Waals surface area contributed by atoms with Gasteiger partial charge in [-0.25, -0.2) is 36.4 Å². The molecule has 0 spiro atoms. The average molecular weight is 393 g/mol. The topological polar surface area (TPSA) is 137 Å². The summed E-state index contributed by atoms with van der Waals surface area (Å²) in [5.41, 5.74) is 0.690. The Balaban J connectivity index is 1.75. The number of sulfonamides is 2. The van der Waals surface area contributed by atoms with Crippen LogP contribution in [0, 0.1) is 0 Å². The second kappa shape index (κ2) is 6.96. The molecule has 0 aliphatic carbocycles. The first kappa shape index (κ1) is 18.2. The molecule has 3 N–H and O–H groups in total.